The van der Waals surface area contributed by atoms with Crippen LogP contribution in [0.4, 0.5) is 4.39 Å². The number of esters is 1. The molecule has 0 aromatic heterocycles. The molecule has 3 saturated heterocycles. The summed E-state index contributed by atoms with van der Waals surface area (Å²) in [5.41, 5.74) is 1.49. The van der Waals surface area contributed by atoms with Gasteiger partial charge in [0.05, 0.1) is 6.61 Å². The van der Waals surface area contributed by atoms with Gasteiger partial charge in [0.2, 0.25) is 17.7 Å². The van der Waals surface area contributed by atoms with Crippen molar-refractivity contribution in [3.8, 4) is 5.75 Å². The number of carbonyl (C=O) groups is 4. The molecule has 3 heterocycles. The highest BCUT2D eigenvalue weighted by Gasteiger charge is 2.47. The predicted molar refractivity (Wildman–Crippen MR) is 225 cm³/mol. The normalized spacial score (nSPS) is 24.0. The Balaban J connectivity index is 1.08. The molecule has 3 unspecified atom stereocenters. The van der Waals surface area contributed by atoms with E-state index in [2.05, 4.69) is 29.5 Å². The van der Waals surface area contributed by atoms with Crippen molar-refractivity contribution < 1.29 is 37.4 Å². The van der Waals surface area contributed by atoms with E-state index < -0.39 is 43.4 Å². The Bertz CT molecular complexity index is 2190. The third kappa shape index (κ3) is 9.39. The second-order valence-electron chi connectivity index (χ2n) is 16.2. The van der Waals surface area contributed by atoms with Crippen molar-refractivity contribution in [2.45, 2.75) is 102 Å². The van der Waals surface area contributed by atoms with E-state index in [1.54, 1.807) is 59.5 Å². The van der Waals surface area contributed by atoms with Crippen LogP contribution in [0.15, 0.2) is 97.1 Å². The third-order valence-electron chi connectivity index (χ3n) is 11.9. The molecule has 8 atom stereocenters. The molecule has 0 spiro atoms. The van der Waals surface area contributed by atoms with Crippen molar-refractivity contribution in [2.75, 3.05) is 19.7 Å². The van der Waals surface area contributed by atoms with Gasteiger partial charge in [-0.1, -0.05) is 93.4 Å². The minimum atomic E-state index is -4.46. The van der Waals surface area contributed by atoms with Gasteiger partial charge in [0.1, 0.15) is 23.9 Å². The molecule has 0 radical (unpaired) electrons. The highest BCUT2D eigenvalue weighted by Crippen LogP contribution is 2.58. The van der Waals surface area contributed by atoms with Crippen LogP contribution in [0.3, 0.4) is 0 Å². The average molecular weight is 825 g/mol. The molecule has 11 nitrogen and oxygen atoms in total. The molecule has 13 heteroatoms. The second kappa shape index (κ2) is 18.5. The smallest absolute Gasteiger partial charge is 0.355 e. The molecule has 0 saturated carbocycles. The second-order valence-corrected chi connectivity index (χ2v) is 18.3. The molecule has 59 heavy (non-hydrogen) atoms. The van der Waals surface area contributed by atoms with Crippen molar-refractivity contribution in [2.24, 2.45) is 5.92 Å². The lowest BCUT2D eigenvalue weighted by Crippen LogP contribution is -2.56. The average Bonchev–Trinajstić information content (AvgIpc) is 3.85. The molecule has 3 aliphatic heterocycles. The van der Waals surface area contributed by atoms with Crippen molar-refractivity contribution in [3.05, 3.63) is 114 Å². The van der Waals surface area contributed by atoms with Gasteiger partial charge in [0.25, 0.3) is 5.91 Å². The van der Waals surface area contributed by atoms with E-state index in [1.165, 1.54) is 24.6 Å². The third-order valence-corrected chi connectivity index (χ3v) is 14.1. The summed E-state index contributed by atoms with van der Waals surface area (Å²) in [4.78, 5) is 58.8. The number of ether oxygens (including phenoxy) is 1. The SMILES string of the molecule is CCCOC(=O)[C@H](C)NP(=O)(Oc1ccccc1)C(F)c1ccc2ccc(C(=O)NC3CCCC[C@H]4CC[C@@H](C(=O)N5C[C@H](c6ccccc6)[C@@H](C)C5)N4C3=O)cc2c1. The number of rotatable bonds is 13. The number of para-hydroxylation sites is 1. The van der Waals surface area contributed by atoms with Gasteiger partial charge < -0.3 is 24.4 Å². The number of benzene rings is 4. The van der Waals surface area contributed by atoms with Crippen LogP contribution in [-0.4, -0.2) is 77.4 Å². The number of likely N-dealkylation sites (tertiary alicyclic amines) is 1. The van der Waals surface area contributed by atoms with E-state index in [1.807, 2.05) is 30.0 Å². The number of nitrogens with zero attached hydrogens (tertiary/aromatic N) is 2. The summed E-state index contributed by atoms with van der Waals surface area (Å²) < 4.78 is 41.9. The Morgan fingerprint density at radius 3 is 2.34 bits per heavy atom. The van der Waals surface area contributed by atoms with Crippen LogP contribution >= 0.6 is 7.52 Å². The van der Waals surface area contributed by atoms with E-state index in [9.17, 15) is 23.7 Å². The van der Waals surface area contributed by atoms with Crippen LogP contribution in [0.25, 0.3) is 10.8 Å². The maximum absolute atomic E-state index is 16.6. The van der Waals surface area contributed by atoms with Gasteiger partial charge in [-0.25, -0.2) is 9.48 Å². The number of alkyl halides is 1. The van der Waals surface area contributed by atoms with Crippen molar-refractivity contribution in [1.82, 2.24) is 20.2 Å². The number of hydrogen-bond donors (Lipinski definition) is 2. The van der Waals surface area contributed by atoms with Gasteiger partial charge in [-0.05, 0) is 97.2 Å². The van der Waals surface area contributed by atoms with E-state index in [-0.39, 0.29) is 53.2 Å². The summed E-state index contributed by atoms with van der Waals surface area (Å²) in [6, 6.07) is 25.5. The molecule has 2 N–H and O–H groups in total. The van der Waals surface area contributed by atoms with Gasteiger partial charge >= 0.3 is 13.5 Å². The van der Waals surface area contributed by atoms with Gasteiger partial charge in [0.15, 0.2) is 0 Å². The minimum absolute atomic E-state index is 0.0180. The van der Waals surface area contributed by atoms with Crippen LogP contribution in [0.5, 0.6) is 5.75 Å². The van der Waals surface area contributed by atoms with Crippen LogP contribution < -0.4 is 14.9 Å². The van der Waals surface area contributed by atoms with Gasteiger partial charge in [-0.15, -0.1) is 0 Å². The Morgan fingerprint density at radius 1 is 0.881 bits per heavy atom. The molecular weight excluding hydrogens is 770 g/mol. The van der Waals surface area contributed by atoms with Gasteiger partial charge in [-0.2, -0.15) is 0 Å². The molecule has 4 aromatic rings. The lowest BCUT2D eigenvalue weighted by molar-refractivity contribution is -0.146. The fraction of sp³-hybridized carbons (Fsp3) is 0.435. The zero-order valence-electron chi connectivity index (χ0n) is 33.9. The first-order valence-corrected chi connectivity index (χ1v) is 22.6. The number of amides is 3. The fourth-order valence-electron chi connectivity index (χ4n) is 8.82. The molecule has 3 aliphatic rings. The van der Waals surface area contributed by atoms with Crippen LogP contribution in [0.1, 0.15) is 99.0 Å². The summed E-state index contributed by atoms with van der Waals surface area (Å²) in [7, 11) is -4.46. The van der Waals surface area contributed by atoms with Gasteiger partial charge in [0, 0.05) is 30.6 Å². The quantitative estimate of drug-likeness (QED) is 0.102. The van der Waals surface area contributed by atoms with Crippen molar-refractivity contribution >= 4 is 42.0 Å². The number of fused-ring (bicyclic) bond motifs is 2. The monoisotopic (exact) mass is 824 g/mol. The zero-order chi connectivity index (χ0) is 41.7. The zero-order valence-corrected chi connectivity index (χ0v) is 34.8. The molecule has 3 amide bonds. The van der Waals surface area contributed by atoms with Gasteiger partial charge in [-0.3, -0.25) is 23.7 Å². The first-order chi connectivity index (χ1) is 28.5. The topological polar surface area (TPSA) is 134 Å². The maximum atomic E-state index is 16.6. The molecule has 3 fully saturated rings. The fourth-order valence-corrected chi connectivity index (χ4v) is 10.7. The highest BCUT2D eigenvalue weighted by atomic mass is 31.2. The van der Waals surface area contributed by atoms with Crippen molar-refractivity contribution in [1.29, 1.82) is 0 Å². The summed E-state index contributed by atoms with van der Waals surface area (Å²) in [5.74, 6) is -2.93. The molecule has 7 rings (SSSR count). The molecular formula is C46H54FN4O7P. The van der Waals surface area contributed by atoms with Crippen LogP contribution in [0.2, 0.25) is 0 Å². The Hall–Kier alpha value is -5.06. The molecule has 0 bridgehead atoms. The lowest BCUT2D eigenvalue weighted by Gasteiger charge is -2.36. The summed E-state index contributed by atoms with van der Waals surface area (Å²) >= 11 is 0. The number of halogens is 1. The lowest BCUT2D eigenvalue weighted by atomic mass is 9.90. The van der Waals surface area contributed by atoms with Crippen LogP contribution in [0, 0.1) is 5.92 Å². The van der Waals surface area contributed by atoms with E-state index in [0.717, 1.165) is 25.7 Å². The van der Waals surface area contributed by atoms with E-state index in [0.29, 0.717) is 43.1 Å². The predicted octanol–water partition coefficient (Wildman–Crippen LogP) is 8.31. The first-order valence-electron chi connectivity index (χ1n) is 20.9. The largest absolute Gasteiger partial charge is 0.465 e. The summed E-state index contributed by atoms with van der Waals surface area (Å²) in [5, 5.41) is 6.79. The number of hydrogen-bond acceptors (Lipinski definition) is 7. The Kier molecular flexibility index (Phi) is 13.2. The Morgan fingerprint density at radius 2 is 1.59 bits per heavy atom. The summed E-state index contributed by atoms with van der Waals surface area (Å²) in [6.07, 6.45) is 4.84. The van der Waals surface area contributed by atoms with E-state index >= 15 is 4.39 Å². The van der Waals surface area contributed by atoms with Crippen LogP contribution in [-0.2, 0) is 23.7 Å². The van der Waals surface area contributed by atoms with Crippen molar-refractivity contribution in [3.63, 3.8) is 0 Å². The Labute approximate surface area is 345 Å². The molecule has 4 aromatic carbocycles. The molecule has 0 aliphatic carbocycles. The summed E-state index contributed by atoms with van der Waals surface area (Å²) in [6.45, 7) is 6.86. The number of nitrogens with one attached hydrogen (secondary N) is 2. The highest BCUT2D eigenvalue weighted by molar-refractivity contribution is 7.57. The standard InChI is InChI=1S/C46H54FN4O7P/c1-4-25-57-46(55)31(3)49-59(56,58-38-16-9-6-10-17-38)42(47)34-21-19-32-20-22-35(27-36(32)26-34)43(52)48-40-18-12-11-15-37-23-24-41(51(37)44(40)53)45(54)50-28-30(2)39(29-50)33-13-7-5-8-14-33/h5-10,13-14,16-17,19-22,26-27,30-31,37,39-42H,4,11-12,15,18,23-25,28-29H2,1-3H3,(H,48,52)(H,49,56)/t30-,31-,37-,39-,40?,41-,42?,59?/m0/s1. The van der Waals surface area contributed by atoms with E-state index in [4.69, 9.17) is 9.26 Å². The maximum Gasteiger partial charge on any atom is 0.355 e. The first kappa shape index (κ1) is 42.1. The minimum Gasteiger partial charge on any atom is -0.465 e. The molecule has 312 valence electrons. The number of carbonyl (C=O) groups excluding carboxylic acids is 4.